The minimum absolute atomic E-state index is 0.578. The number of hydrogen-bond donors (Lipinski definition) is 0. The van der Waals surface area contributed by atoms with E-state index in [4.69, 9.17) is 9.97 Å². The molecule has 0 N–H and O–H groups in total. The molecule has 4 nitrogen and oxygen atoms in total. The summed E-state index contributed by atoms with van der Waals surface area (Å²) in [5, 5.41) is 0. The van der Waals surface area contributed by atoms with Crippen LogP contribution in [0.25, 0.3) is 5.57 Å². The molecule has 0 spiro atoms. The van der Waals surface area contributed by atoms with Crippen LogP contribution < -0.4 is 4.90 Å². The molecule has 2 aromatic rings. The lowest BCUT2D eigenvalue weighted by Crippen LogP contribution is -2.53. The molecule has 0 amide bonds. The van der Waals surface area contributed by atoms with E-state index in [0.29, 0.717) is 22.8 Å². The van der Waals surface area contributed by atoms with Crippen molar-refractivity contribution < 1.29 is 0 Å². The van der Waals surface area contributed by atoms with E-state index >= 15 is 0 Å². The molecule has 3 heterocycles. The molecule has 54 heavy (non-hydrogen) atoms. The van der Waals surface area contributed by atoms with Crippen molar-refractivity contribution in [3.63, 3.8) is 0 Å². The molecule has 11 atom stereocenters. The van der Waals surface area contributed by atoms with Crippen molar-refractivity contribution in [3.8, 4) is 0 Å². The van der Waals surface area contributed by atoms with Crippen LogP contribution in [0.1, 0.15) is 154 Å². The molecule has 1 aliphatic heterocycles. The second-order valence-corrected chi connectivity index (χ2v) is 21.1. The van der Waals surface area contributed by atoms with Gasteiger partial charge in [-0.25, -0.2) is 0 Å². The maximum Gasteiger partial charge on any atom is 0.0661 e. The number of hydrogen-bond acceptors (Lipinski definition) is 4. The lowest BCUT2D eigenvalue weighted by atomic mass is 9.44. The first-order valence-corrected chi connectivity index (χ1v) is 23.0. The highest BCUT2D eigenvalue weighted by molar-refractivity contribution is 5.65. The van der Waals surface area contributed by atoms with Crippen molar-refractivity contribution in [2.24, 2.45) is 64.1 Å². The first-order chi connectivity index (χ1) is 26.0. The Hall–Kier alpha value is -2.20. The number of anilines is 1. The maximum absolute atomic E-state index is 4.98. The zero-order valence-electron chi connectivity index (χ0n) is 35.5. The van der Waals surface area contributed by atoms with Gasteiger partial charge in [-0.05, 0) is 196 Å². The summed E-state index contributed by atoms with van der Waals surface area (Å²) >= 11 is 0. The van der Waals surface area contributed by atoms with Crippen LogP contribution >= 0.6 is 0 Å². The third kappa shape index (κ3) is 7.61. The molecule has 0 radical (unpaired) electrons. The lowest BCUT2D eigenvalue weighted by Gasteiger charge is -2.61. The van der Waals surface area contributed by atoms with Gasteiger partial charge in [0.2, 0.25) is 0 Å². The van der Waals surface area contributed by atoms with E-state index in [9.17, 15) is 0 Å². The first-order valence-electron chi connectivity index (χ1n) is 23.0. The summed E-state index contributed by atoms with van der Waals surface area (Å²) in [5.41, 5.74) is 7.92. The molecule has 0 aromatic carbocycles. The van der Waals surface area contributed by atoms with Crippen molar-refractivity contribution in [2.75, 3.05) is 25.5 Å². The molecule has 296 valence electrons. The second kappa shape index (κ2) is 16.0. The molecule has 6 aliphatic rings. The fourth-order valence-corrected chi connectivity index (χ4v) is 14.5. The number of rotatable bonds is 12. The van der Waals surface area contributed by atoms with Crippen molar-refractivity contribution in [3.05, 3.63) is 59.7 Å². The molecule has 1 saturated heterocycles. The van der Waals surface area contributed by atoms with Gasteiger partial charge in [-0.15, -0.1) is 0 Å². The predicted molar refractivity (Wildman–Crippen MR) is 227 cm³/mol. The number of pyridine rings is 2. The lowest BCUT2D eigenvalue weighted by molar-refractivity contribution is -0.121. The van der Waals surface area contributed by atoms with Gasteiger partial charge in [-0.1, -0.05) is 60.0 Å². The molecule has 5 aliphatic carbocycles. The summed E-state index contributed by atoms with van der Waals surface area (Å²) in [7, 11) is 4.23. The molecule has 2 aromatic heterocycles. The maximum atomic E-state index is 4.98. The highest BCUT2D eigenvalue weighted by Gasteiger charge is 2.60. The summed E-state index contributed by atoms with van der Waals surface area (Å²) in [5.74, 6) is 8.12. The average Bonchev–Trinajstić information content (AvgIpc) is 3.90. The summed E-state index contributed by atoms with van der Waals surface area (Å²) in [6.45, 7) is 15.1. The summed E-state index contributed by atoms with van der Waals surface area (Å²) in [6, 6.07) is 9.84. The van der Waals surface area contributed by atoms with Crippen molar-refractivity contribution in [1.82, 2.24) is 14.9 Å². The van der Waals surface area contributed by atoms with Gasteiger partial charge >= 0.3 is 0 Å². The van der Waals surface area contributed by atoms with E-state index in [0.717, 1.165) is 53.9 Å². The highest BCUT2D eigenvalue weighted by Crippen LogP contribution is 2.68. The van der Waals surface area contributed by atoms with Gasteiger partial charge in [0.1, 0.15) is 0 Å². The Morgan fingerprint density at radius 3 is 2.50 bits per heavy atom. The largest absolute Gasteiger partial charge is 0.378 e. The molecular weight excluding hydrogens is 657 g/mol. The van der Waals surface area contributed by atoms with Crippen LogP contribution in [0.5, 0.6) is 0 Å². The fourth-order valence-electron chi connectivity index (χ4n) is 14.5. The van der Waals surface area contributed by atoms with Gasteiger partial charge in [0.05, 0.1) is 11.4 Å². The second-order valence-electron chi connectivity index (χ2n) is 21.1. The monoisotopic (exact) mass is 733 g/mol. The number of allylic oxidation sites excluding steroid dienone is 1. The SMILES string of the molecule is CC(C)CCC[C@@H](C)[C@H]1CC[C@H]2C3CCC4CC(Cc5ccnc(C6=C[C@H](C7CCCN7Cc7cc(N(C)C)ccn7)CC6)c5)CCC4(C)[C@H]3CCC12C. The standard InChI is InChI=1S/C50H76N4/c1-34(2)10-8-11-35(3)44-17-18-45-43-16-15-40-29-36(19-23-49(40,4)46(43)20-24-50(44,45)5)28-37-21-25-52-47(30-37)38-13-14-39(31-38)48-12-9-27-54(48)33-41-32-42(53(6)7)22-26-51-41/h21-22,25-26,30-32,34-36,39-40,43-46,48H,8-20,23-24,27-29,33H2,1-7H3/t35-,36?,39-,40?,43?,44-,45+,46+,48?,49?,50?/m1/s1. The number of fused-ring (bicyclic) bond motifs is 5. The van der Waals surface area contributed by atoms with E-state index in [1.165, 1.54) is 144 Å². The smallest absolute Gasteiger partial charge is 0.0661 e. The van der Waals surface area contributed by atoms with Gasteiger partial charge < -0.3 is 4.90 Å². The van der Waals surface area contributed by atoms with E-state index in [2.05, 4.69) is 95.1 Å². The van der Waals surface area contributed by atoms with Crippen LogP contribution in [0, 0.1) is 64.1 Å². The quantitative estimate of drug-likeness (QED) is 0.217. The summed E-state index contributed by atoms with van der Waals surface area (Å²) in [6.07, 6.45) is 30.8. The molecule has 4 heteroatoms. The highest BCUT2D eigenvalue weighted by atomic mass is 15.2. The third-order valence-electron chi connectivity index (χ3n) is 17.4. The van der Waals surface area contributed by atoms with Gasteiger partial charge in [0, 0.05) is 44.8 Å². The Balaban J connectivity index is 0.872. The van der Waals surface area contributed by atoms with Crippen LogP contribution in [0.4, 0.5) is 5.69 Å². The number of nitrogens with zero attached hydrogens (tertiary/aromatic N) is 4. The zero-order chi connectivity index (χ0) is 37.6. The molecule has 4 saturated carbocycles. The van der Waals surface area contributed by atoms with Gasteiger partial charge in [-0.3, -0.25) is 14.9 Å². The minimum atomic E-state index is 0.578. The first kappa shape index (κ1) is 38.7. The van der Waals surface area contributed by atoms with Crippen LogP contribution in [-0.2, 0) is 13.0 Å². The average molecular weight is 733 g/mol. The normalized spacial score (nSPS) is 37.1. The van der Waals surface area contributed by atoms with E-state index in [1.807, 2.05) is 6.20 Å². The van der Waals surface area contributed by atoms with E-state index in [1.54, 1.807) is 0 Å². The Labute approximate surface area is 330 Å². The van der Waals surface area contributed by atoms with Crippen LogP contribution in [0.3, 0.4) is 0 Å². The van der Waals surface area contributed by atoms with Gasteiger partial charge in [0.15, 0.2) is 0 Å². The zero-order valence-corrected chi connectivity index (χ0v) is 35.5. The number of aromatic nitrogens is 2. The molecule has 0 bridgehead atoms. The Kier molecular flexibility index (Phi) is 11.4. The summed E-state index contributed by atoms with van der Waals surface area (Å²) in [4.78, 5) is 14.6. The fraction of sp³-hybridized carbons (Fsp3) is 0.760. The van der Waals surface area contributed by atoms with Crippen molar-refractivity contribution in [1.29, 1.82) is 0 Å². The van der Waals surface area contributed by atoms with Gasteiger partial charge in [0.25, 0.3) is 0 Å². The van der Waals surface area contributed by atoms with Crippen LogP contribution in [0.15, 0.2) is 42.7 Å². The minimum Gasteiger partial charge on any atom is -0.378 e. The van der Waals surface area contributed by atoms with Gasteiger partial charge in [-0.2, -0.15) is 0 Å². The molecule has 5 fully saturated rings. The van der Waals surface area contributed by atoms with Crippen molar-refractivity contribution in [2.45, 2.75) is 156 Å². The van der Waals surface area contributed by atoms with E-state index in [-0.39, 0.29) is 0 Å². The third-order valence-corrected chi connectivity index (χ3v) is 17.4. The Morgan fingerprint density at radius 2 is 1.67 bits per heavy atom. The van der Waals surface area contributed by atoms with Crippen LogP contribution in [-0.4, -0.2) is 41.5 Å². The topological polar surface area (TPSA) is 32.3 Å². The number of likely N-dealkylation sites (tertiary alicyclic amines) is 1. The van der Waals surface area contributed by atoms with E-state index < -0.39 is 0 Å². The van der Waals surface area contributed by atoms with Crippen molar-refractivity contribution >= 4 is 11.3 Å². The Morgan fingerprint density at radius 1 is 0.852 bits per heavy atom. The molecular formula is C50H76N4. The van der Waals surface area contributed by atoms with Crippen LogP contribution in [0.2, 0.25) is 0 Å². The molecule has 8 rings (SSSR count). The predicted octanol–water partition coefficient (Wildman–Crippen LogP) is 12.3. The summed E-state index contributed by atoms with van der Waals surface area (Å²) < 4.78 is 0. The molecule has 6 unspecified atom stereocenters. The Bertz CT molecular complexity index is 1610.